The van der Waals surface area contributed by atoms with Crippen molar-refractivity contribution in [3.8, 4) is 11.3 Å². The van der Waals surface area contributed by atoms with Crippen molar-refractivity contribution in [2.45, 2.75) is 0 Å². The number of anilines is 1. The molecule has 15 heavy (non-hydrogen) atoms. The molecule has 0 aliphatic carbocycles. The van der Waals surface area contributed by atoms with E-state index >= 15 is 0 Å². The predicted molar refractivity (Wildman–Crippen MR) is 60.3 cm³/mol. The minimum Gasteiger partial charge on any atom is -0.307 e. The van der Waals surface area contributed by atoms with Crippen LogP contribution in [0.2, 0.25) is 5.02 Å². The maximum atomic E-state index is 5.80. The van der Waals surface area contributed by atoms with Gasteiger partial charge in [0.15, 0.2) is 5.82 Å². The molecule has 4 nitrogen and oxygen atoms in total. The first-order valence-electron chi connectivity index (χ1n) is 4.35. The van der Waals surface area contributed by atoms with E-state index in [9.17, 15) is 0 Å². The lowest BCUT2D eigenvalue weighted by Gasteiger charge is -2.05. The third-order valence-electron chi connectivity index (χ3n) is 1.95. The van der Waals surface area contributed by atoms with Crippen LogP contribution >= 0.6 is 11.6 Å². The second-order valence-corrected chi connectivity index (χ2v) is 3.34. The fourth-order valence-electron chi connectivity index (χ4n) is 1.26. The van der Waals surface area contributed by atoms with Crippen LogP contribution in [-0.4, -0.2) is 9.97 Å². The molecular formula is C10H9ClN4. The summed E-state index contributed by atoms with van der Waals surface area (Å²) in [6.07, 6.45) is 3.19. The first kappa shape index (κ1) is 9.89. The summed E-state index contributed by atoms with van der Waals surface area (Å²) in [6, 6.07) is 7.33. The number of nitrogens with two attached hydrogens (primary N) is 1. The second kappa shape index (κ2) is 4.25. The van der Waals surface area contributed by atoms with Crippen LogP contribution in [0.5, 0.6) is 0 Å². The van der Waals surface area contributed by atoms with E-state index in [1.54, 1.807) is 24.5 Å². The fourth-order valence-corrected chi connectivity index (χ4v) is 1.39. The lowest BCUT2D eigenvalue weighted by Crippen LogP contribution is -2.10. The lowest BCUT2D eigenvalue weighted by molar-refractivity contribution is 1.16. The van der Waals surface area contributed by atoms with E-state index in [1.165, 1.54) is 0 Å². The molecule has 0 saturated carbocycles. The van der Waals surface area contributed by atoms with Crippen molar-refractivity contribution in [3.05, 3.63) is 41.7 Å². The topological polar surface area (TPSA) is 63.8 Å². The van der Waals surface area contributed by atoms with Crippen molar-refractivity contribution >= 4 is 17.4 Å². The Balaban J connectivity index is 2.49. The average Bonchev–Trinajstić information content (AvgIpc) is 2.30. The van der Waals surface area contributed by atoms with Crippen LogP contribution in [0.25, 0.3) is 11.3 Å². The van der Waals surface area contributed by atoms with Crippen LogP contribution in [-0.2, 0) is 0 Å². The van der Waals surface area contributed by atoms with E-state index in [0.29, 0.717) is 16.5 Å². The standard InChI is InChI=1S/C10H9ClN4/c11-8-3-1-7(2-4-8)9-10(15-12)14-6-5-13-9/h1-6H,12H2,(H,14,15). The Hall–Kier alpha value is -1.65. The zero-order valence-corrected chi connectivity index (χ0v) is 8.57. The number of hydrogen-bond acceptors (Lipinski definition) is 4. The van der Waals surface area contributed by atoms with Crippen molar-refractivity contribution in [2.24, 2.45) is 5.84 Å². The van der Waals surface area contributed by atoms with Crippen molar-refractivity contribution in [2.75, 3.05) is 5.43 Å². The highest BCUT2D eigenvalue weighted by Crippen LogP contribution is 2.23. The van der Waals surface area contributed by atoms with Crippen LogP contribution in [0.15, 0.2) is 36.7 Å². The van der Waals surface area contributed by atoms with E-state index in [0.717, 1.165) is 5.56 Å². The first-order valence-corrected chi connectivity index (χ1v) is 4.72. The van der Waals surface area contributed by atoms with E-state index < -0.39 is 0 Å². The number of hydrazine groups is 1. The molecule has 0 spiro atoms. The molecule has 1 heterocycles. The molecule has 0 atom stereocenters. The lowest BCUT2D eigenvalue weighted by atomic mass is 10.1. The number of nitrogens with one attached hydrogen (secondary N) is 1. The molecule has 1 aromatic heterocycles. The van der Waals surface area contributed by atoms with Crippen LogP contribution in [0.4, 0.5) is 5.82 Å². The van der Waals surface area contributed by atoms with Crippen molar-refractivity contribution in [1.82, 2.24) is 9.97 Å². The van der Waals surface area contributed by atoms with Crippen LogP contribution in [0, 0.1) is 0 Å². The highest BCUT2D eigenvalue weighted by molar-refractivity contribution is 6.30. The van der Waals surface area contributed by atoms with Crippen LogP contribution in [0.1, 0.15) is 0 Å². The summed E-state index contributed by atoms with van der Waals surface area (Å²) >= 11 is 5.80. The smallest absolute Gasteiger partial charge is 0.166 e. The highest BCUT2D eigenvalue weighted by Gasteiger charge is 2.05. The Kier molecular flexibility index (Phi) is 2.80. The van der Waals surface area contributed by atoms with Gasteiger partial charge in [-0.1, -0.05) is 23.7 Å². The third kappa shape index (κ3) is 2.06. The van der Waals surface area contributed by atoms with Gasteiger partial charge < -0.3 is 5.43 Å². The molecule has 3 N–H and O–H groups in total. The molecule has 0 saturated heterocycles. The van der Waals surface area contributed by atoms with Gasteiger partial charge in [0.2, 0.25) is 0 Å². The molecular weight excluding hydrogens is 212 g/mol. The fraction of sp³-hybridized carbons (Fsp3) is 0. The van der Waals surface area contributed by atoms with Gasteiger partial charge in [-0.15, -0.1) is 0 Å². The predicted octanol–water partition coefficient (Wildman–Crippen LogP) is 2.08. The number of hydrogen-bond donors (Lipinski definition) is 2. The maximum Gasteiger partial charge on any atom is 0.166 e. The molecule has 0 aliphatic rings. The molecule has 0 radical (unpaired) electrons. The van der Waals surface area contributed by atoms with Gasteiger partial charge in [-0.3, -0.25) is 4.98 Å². The zero-order chi connectivity index (χ0) is 10.7. The maximum absolute atomic E-state index is 5.80. The molecule has 76 valence electrons. The largest absolute Gasteiger partial charge is 0.307 e. The minimum atomic E-state index is 0.542. The normalized spacial score (nSPS) is 10.0. The number of benzene rings is 1. The molecule has 0 fully saturated rings. The number of nitrogens with zero attached hydrogens (tertiary/aromatic N) is 2. The summed E-state index contributed by atoms with van der Waals surface area (Å²) in [6.45, 7) is 0. The van der Waals surface area contributed by atoms with Gasteiger partial charge in [-0.05, 0) is 12.1 Å². The Labute approximate surface area is 92.1 Å². The Morgan fingerprint density at radius 2 is 1.73 bits per heavy atom. The van der Waals surface area contributed by atoms with Gasteiger partial charge in [0.1, 0.15) is 5.69 Å². The second-order valence-electron chi connectivity index (χ2n) is 2.90. The molecule has 0 unspecified atom stereocenters. The van der Waals surface area contributed by atoms with E-state index in [2.05, 4.69) is 15.4 Å². The van der Waals surface area contributed by atoms with E-state index in [1.807, 2.05) is 12.1 Å². The summed E-state index contributed by atoms with van der Waals surface area (Å²) in [5, 5.41) is 0.685. The van der Waals surface area contributed by atoms with Crippen LogP contribution in [0.3, 0.4) is 0 Å². The van der Waals surface area contributed by atoms with Crippen molar-refractivity contribution in [1.29, 1.82) is 0 Å². The summed E-state index contributed by atoms with van der Waals surface area (Å²) in [4.78, 5) is 8.27. The van der Waals surface area contributed by atoms with Crippen LogP contribution < -0.4 is 11.3 Å². The first-order chi connectivity index (χ1) is 7.31. The van der Waals surface area contributed by atoms with Gasteiger partial charge >= 0.3 is 0 Å². The third-order valence-corrected chi connectivity index (χ3v) is 2.20. The number of halogens is 1. The number of nitrogen functional groups attached to an aromatic ring is 1. The number of aromatic nitrogens is 2. The molecule has 0 aliphatic heterocycles. The monoisotopic (exact) mass is 220 g/mol. The average molecular weight is 221 g/mol. The van der Waals surface area contributed by atoms with Crippen molar-refractivity contribution in [3.63, 3.8) is 0 Å². The molecule has 0 amide bonds. The zero-order valence-electron chi connectivity index (χ0n) is 7.81. The van der Waals surface area contributed by atoms with Crippen molar-refractivity contribution < 1.29 is 0 Å². The summed E-state index contributed by atoms with van der Waals surface area (Å²) in [5.74, 6) is 5.88. The van der Waals surface area contributed by atoms with E-state index in [-0.39, 0.29) is 0 Å². The molecule has 1 aromatic carbocycles. The Bertz CT molecular complexity index is 455. The van der Waals surface area contributed by atoms with Gasteiger partial charge in [-0.25, -0.2) is 10.8 Å². The minimum absolute atomic E-state index is 0.542. The van der Waals surface area contributed by atoms with E-state index in [4.69, 9.17) is 17.4 Å². The van der Waals surface area contributed by atoms with Gasteiger partial charge in [0, 0.05) is 23.0 Å². The highest BCUT2D eigenvalue weighted by atomic mass is 35.5. The Morgan fingerprint density at radius 1 is 1.07 bits per heavy atom. The molecule has 0 bridgehead atoms. The number of rotatable bonds is 2. The molecule has 5 heteroatoms. The quantitative estimate of drug-likeness (QED) is 0.601. The van der Waals surface area contributed by atoms with Gasteiger partial charge in [0.05, 0.1) is 0 Å². The molecule has 2 rings (SSSR count). The van der Waals surface area contributed by atoms with Gasteiger partial charge in [-0.2, -0.15) is 0 Å². The SMILES string of the molecule is NNc1nccnc1-c1ccc(Cl)cc1. The summed E-state index contributed by atoms with van der Waals surface area (Å²) in [5.41, 5.74) is 4.12. The summed E-state index contributed by atoms with van der Waals surface area (Å²) in [7, 11) is 0. The Morgan fingerprint density at radius 3 is 2.40 bits per heavy atom. The van der Waals surface area contributed by atoms with Gasteiger partial charge in [0.25, 0.3) is 0 Å². The summed E-state index contributed by atoms with van der Waals surface area (Å²) < 4.78 is 0. The molecule has 2 aromatic rings.